The maximum Gasteiger partial charge on any atom is 0.453 e. The third-order valence-electron chi connectivity index (χ3n) is 7.37. The van der Waals surface area contributed by atoms with E-state index in [0.29, 0.717) is 16.1 Å². The van der Waals surface area contributed by atoms with Crippen molar-refractivity contribution in [2.75, 3.05) is 26.2 Å². The fourth-order valence-electron chi connectivity index (χ4n) is 5.26. The highest BCUT2D eigenvalue weighted by atomic mass is 35.5. The van der Waals surface area contributed by atoms with Gasteiger partial charge in [-0.3, -0.25) is 4.79 Å². The summed E-state index contributed by atoms with van der Waals surface area (Å²) in [6.07, 6.45) is -5.01. The first-order valence-corrected chi connectivity index (χ1v) is 13.4. The summed E-state index contributed by atoms with van der Waals surface area (Å²) in [6, 6.07) is 15.7. The summed E-state index contributed by atoms with van der Waals surface area (Å²) in [4.78, 5) is 15.9. The molecule has 10 heteroatoms. The minimum atomic E-state index is -5.01. The van der Waals surface area contributed by atoms with Crippen LogP contribution in [-0.4, -0.2) is 31.3 Å². The number of fused-ring (bicyclic) bond motifs is 1. The Labute approximate surface area is 234 Å². The van der Waals surface area contributed by atoms with Crippen LogP contribution in [0.5, 0.6) is 17.2 Å². The smallest absolute Gasteiger partial charge is 0.453 e. The Kier molecular flexibility index (Phi) is 7.81. The Hall–Kier alpha value is -3.53. The first kappa shape index (κ1) is 28.0. The monoisotopic (exact) mass is 574 g/mol. The second-order valence-corrected chi connectivity index (χ2v) is 10.7. The molecule has 2 heterocycles. The molecule has 0 unspecified atom stereocenters. The van der Waals surface area contributed by atoms with Crippen LogP contribution in [0, 0.1) is 13.8 Å². The van der Waals surface area contributed by atoms with Crippen molar-refractivity contribution in [2.24, 2.45) is 0 Å². The van der Waals surface area contributed by atoms with Gasteiger partial charge in [0.2, 0.25) is 11.2 Å². The number of phenols is 1. The van der Waals surface area contributed by atoms with Crippen LogP contribution < -0.4 is 20.0 Å². The number of hydrogen-bond donors (Lipinski definition) is 3. The van der Waals surface area contributed by atoms with Gasteiger partial charge in [-0.05, 0) is 49.2 Å². The molecule has 210 valence electrons. The van der Waals surface area contributed by atoms with Gasteiger partial charge < -0.3 is 24.1 Å². The Balaban J connectivity index is 1.46. The number of phenolic OH excluding ortho intramolecular Hbond substituents is 1. The lowest BCUT2D eigenvalue weighted by atomic mass is 10.1. The van der Waals surface area contributed by atoms with Gasteiger partial charge >= 0.3 is 6.18 Å². The molecule has 0 aliphatic carbocycles. The first-order chi connectivity index (χ1) is 19.0. The van der Waals surface area contributed by atoms with Gasteiger partial charge in [0.25, 0.3) is 5.76 Å². The minimum Gasteiger partial charge on any atom is -0.507 e. The summed E-state index contributed by atoms with van der Waals surface area (Å²) in [6.45, 7) is 7.74. The zero-order valence-electron chi connectivity index (χ0n) is 22.1. The summed E-state index contributed by atoms with van der Waals surface area (Å²) in [5.41, 5.74) is 1.36. The highest BCUT2D eigenvalue weighted by Crippen LogP contribution is 2.40. The van der Waals surface area contributed by atoms with E-state index < -0.39 is 23.1 Å². The summed E-state index contributed by atoms with van der Waals surface area (Å²) < 4.78 is 53.5. The van der Waals surface area contributed by atoms with E-state index in [1.165, 1.54) is 34.7 Å². The Morgan fingerprint density at radius 3 is 2.15 bits per heavy atom. The van der Waals surface area contributed by atoms with Crippen molar-refractivity contribution in [1.82, 2.24) is 0 Å². The first-order valence-electron chi connectivity index (χ1n) is 13.1. The summed E-state index contributed by atoms with van der Waals surface area (Å²) >= 11 is 6.18. The van der Waals surface area contributed by atoms with E-state index >= 15 is 0 Å². The standard InChI is InChI=1S/C30H28ClF3N2O4/c1-18-14-21(15-19(2)25(18)31)39-28-26(38)22-8-9-24(37)23(27(22)40-29(28)30(32,33)34)17-36-12-10-35(11-13-36)16-20-6-4-3-5-7-20/h3-9,14-15,37H,10-13,16-17H2,1-2H3/p+2. The maximum absolute atomic E-state index is 14.2. The summed E-state index contributed by atoms with van der Waals surface area (Å²) in [7, 11) is 0. The lowest BCUT2D eigenvalue weighted by Crippen LogP contribution is -3.27. The Bertz CT molecular complexity index is 1570. The number of ether oxygens (including phenoxy) is 1. The van der Waals surface area contributed by atoms with Crippen molar-refractivity contribution in [3.05, 3.63) is 97.9 Å². The third kappa shape index (κ3) is 5.82. The van der Waals surface area contributed by atoms with Crippen LogP contribution in [0.15, 0.2) is 63.8 Å². The quantitative estimate of drug-likeness (QED) is 0.325. The number of halogens is 4. The normalized spacial score (nSPS) is 17.8. The van der Waals surface area contributed by atoms with E-state index in [4.69, 9.17) is 20.8 Å². The molecular weight excluding hydrogens is 545 g/mol. The zero-order chi connectivity index (χ0) is 28.6. The van der Waals surface area contributed by atoms with E-state index in [1.54, 1.807) is 13.8 Å². The molecule has 0 atom stereocenters. The number of aromatic hydroxyl groups is 1. The summed E-state index contributed by atoms with van der Waals surface area (Å²) in [5, 5.41) is 11.0. The van der Waals surface area contributed by atoms with Crippen LogP contribution in [0.2, 0.25) is 5.02 Å². The predicted molar refractivity (Wildman–Crippen MR) is 145 cm³/mol. The second kappa shape index (κ2) is 11.2. The molecule has 1 aromatic heterocycles. The van der Waals surface area contributed by atoms with E-state index in [-0.39, 0.29) is 34.6 Å². The maximum atomic E-state index is 14.2. The van der Waals surface area contributed by atoms with Gasteiger partial charge in [0.15, 0.2) is 5.58 Å². The number of hydrogen-bond acceptors (Lipinski definition) is 4. The van der Waals surface area contributed by atoms with Crippen molar-refractivity contribution in [2.45, 2.75) is 33.1 Å². The van der Waals surface area contributed by atoms with E-state index in [1.807, 2.05) is 18.2 Å². The SMILES string of the molecule is Cc1cc(Oc2c(C(F)(F)F)oc3c(C[NH+]4CC[NH+](Cc5ccccc5)CC4)c(O)ccc3c2=O)cc(C)c1Cl. The van der Waals surface area contributed by atoms with Gasteiger partial charge in [-0.15, -0.1) is 0 Å². The second-order valence-electron chi connectivity index (χ2n) is 10.3. The molecule has 0 amide bonds. The Morgan fingerprint density at radius 2 is 1.55 bits per heavy atom. The fourth-order valence-corrected chi connectivity index (χ4v) is 5.37. The average molecular weight is 575 g/mol. The largest absolute Gasteiger partial charge is 0.507 e. The fraction of sp³-hybridized carbons (Fsp3) is 0.300. The summed E-state index contributed by atoms with van der Waals surface area (Å²) in [5.74, 6) is -2.68. The lowest BCUT2D eigenvalue weighted by molar-refractivity contribution is -1.02. The van der Waals surface area contributed by atoms with E-state index in [9.17, 15) is 23.1 Å². The van der Waals surface area contributed by atoms with Crippen molar-refractivity contribution >= 4 is 22.6 Å². The highest BCUT2D eigenvalue weighted by Gasteiger charge is 2.41. The number of rotatable bonds is 6. The van der Waals surface area contributed by atoms with Crippen LogP contribution >= 0.6 is 11.6 Å². The van der Waals surface area contributed by atoms with Crippen LogP contribution in [0.25, 0.3) is 11.0 Å². The molecule has 1 aliphatic heterocycles. The molecule has 0 bridgehead atoms. The molecular formula is C30H30ClF3N2O4+2. The van der Waals surface area contributed by atoms with Gasteiger partial charge in [0.05, 0.1) is 10.9 Å². The Morgan fingerprint density at radius 1 is 0.950 bits per heavy atom. The number of aryl methyl sites for hydroxylation is 2. The molecule has 4 aromatic rings. The zero-order valence-corrected chi connectivity index (χ0v) is 22.9. The van der Waals surface area contributed by atoms with Gasteiger partial charge in [0.1, 0.15) is 50.8 Å². The molecule has 0 radical (unpaired) electrons. The van der Waals surface area contributed by atoms with Crippen LogP contribution in [-0.2, 0) is 19.3 Å². The number of alkyl halides is 3. The topological polar surface area (TPSA) is 68.6 Å². The molecule has 3 N–H and O–H groups in total. The molecule has 3 aromatic carbocycles. The number of quaternary nitrogens is 2. The molecule has 1 saturated heterocycles. The third-order valence-corrected chi connectivity index (χ3v) is 7.97. The van der Waals surface area contributed by atoms with Gasteiger partial charge in [0, 0.05) is 10.6 Å². The molecule has 6 nitrogen and oxygen atoms in total. The van der Waals surface area contributed by atoms with Crippen molar-refractivity contribution < 1.29 is 37.2 Å². The lowest BCUT2D eigenvalue weighted by Gasteiger charge is -2.30. The number of benzene rings is 3. The number of nitrogens with one attached hydrogen (secondary N) is 2. The van der Waals surface area contributed by atoms with E-state index in [0.717, 1.165) is 37.6 Å². The molecule has 0 spiro atoms. The van der Waals surface area contributed by atoms with Crippen molar-refractivity contribution in [1.29, 1.82) is 0 Å². The molecule has 5 rings (SSSR count). The average Bonchev–Trinajstić information content (AvgIpc) is 2.91. The highest BCUT2D eigenvalue weighted by molar-refractivity contribution is 6.32. The van der Waals surface area contributed by atoms with Gasteiger partial charge in [-0.25, -0.2) is 0 Å². The minimum absolute atomic E-state index is 0.0378. The van der Waals surface area contributed by atoms with Crippen LogP contribution in [0.4, 0.5) is 13.2 Å². The van der Waals surface area contributed by atoms with E-state index in [2.05, 4.69) is 12.1 Å². The van der Waals surface area contributed by atoms with Crippen molar-refractivity contribution in [3.8, 4) is 17.2 Å². The van der Waals surface area contributed by atoms with Crippen LogP contribution in [0.3, 0.4) is 0 Å². The van der Waals surface area contributed by atoms with Crippen LogP contribution in [0.1, 0.15) is 28.0 Å². The number of piperazine rings is 1. The predicted octanol–water partition coefficient (Wildman–Crippen LogP) is 4.06. The molecule has 40 heavy (non-hydrogen) atoms. The molecule has 0 saturated carbocycles. The molecule has 1 fully saturated rings. The molecule has 1 aliphatic rings. The van der Waals surface area contributed by atoms with Gasteiger partial charge in [-0.2, -0.15) is 13.2 Å². The van der Waals surface area contributed by atoms with Gasteiger partial charge in [-0.1, -0.05) is 41.9 Å². The van der Waals surface area contributed by atoms with Crippen molar-refractivity contribution in [3.63, 3.8) is 0 Å².